The van der Waals surface area contributed by atoms with Crippen LogP contribution in [0.25, 0.3) is 0 Å². The van der Waals surface area contributed by atoms with Crippen LogP contribution in [0.15, 0.2) is 66.9 Å². The minimum absolute atomic E-state index is 0.186. The van der Waals surface area contributed by atoms with E-state index in [1.54, 1.807) is 18.3 Å². The average Bonchev–Trinajstić information content (AvgIpc) is 2.63. The van der Waals surface area contributed by atoms with Gasteiger partial charge in [-0.3, -0.25) is 4.79 Å². The van der Waals surface area contributed by atoms with E-state index < -0.39 is 0 Å². The Morgan fingerprint density at radius 1 is 1.04 bits per heavy atom. The molecule has 2 N–H and O–H groups in total. The number of aromatic nitrogens is 1. The minimum atomic E-state index is -0.186. The highest BCUT2D eigenvalue weighted by Crippen LogP contribution is 2.17. The zero-order chi connectivity index (χ0) is 17.6. The van der Waals surface area contributed by atoms with Gasteiger partial charge >= 0.3 is 0 Å². The maximum absolute atomic E-state index is 12.2. The number of pyridine rings is 1. The van der Waals surface area contributed by atoms with E-state index in [0.717, 1.165) is 16.8 Å². The highest BCUT2D eigenvalue weighted by molar-refractivity contribution is 6.31. The van der Waals surface area contributed by atoms with Crippen LogP contribution in [-0.2, 0) is 6.54 Å². The zero-order valence-electron chi connectivity index (χ0n) is 13.8. The summed E-state index contributed by atoms with van der Waals surface area (Å²) in [5.74, 6) is 0.501. The normalized spacial score (nSPS) is 10.3. The van der Waals surface area contributed by atoms with Gasteiger partial charge in [-0.2, -0.15) is 0 Å². The zero-order valence-corrected chi connectivity index (χ0v) is 14.5. The first-order chi connectivity index (χ1) is 12.1. The quantitative estimate of drug-likeness (QED) is 0.686. The smallest absolute Gasteiger partial charge is 0.257 e. The van der Waals surface area contributed by atoms with Crippen molar-refractivity contribution in [1.29, 1.82) is 0 Å². The number of nitrogens with one attached hydrogen (secondary N) is 2. The van der Waals surface area contributed by atoms with Crippen molar-refractivity contribution in [2.75, 3.05) is 10.6 Å². The molecule has 25 heavy (non-hydrogen) atoms. The molecule has 1 heterocycles. The molecule has 0 atom stereocenters. The molecule has 0 spiro atoms. The molecule has 4 nitrogen and oxygen atoms in total. The molecule has 3 rings (SSSR count). The summed E-state index contributed by atoms with van der Waals surface area (Å²) >= 11 is 6.13. The summed E-state index contributed by atoms with van der Waals surface area (Å²) in [4.78, 5) is 16.5. The van der Waals surface area contributed by atoms with Crippen molar-refractivity contribution < 1.29 is 4.79 Å². The molecule has 0 radical (unpaired) electrons. The van der Waals surface area contributed by atoms with E-state index in [4.69, 9.17) is 11.6 Å². The molecule has 0 aliphatic heterocycles. The van der Waals surface area contributed by atoms with E-state index in [-0.39, 0.29) is 5.91 Å². The molecule has 1 amide bonds. The molecule has 0 aliphatic rings. The van der Waals surface area contributed by atoms with Crippen molar-refractivity contribution in [3.05, 3.63) is 88.6 Å². The summed E-state index contributed by atoms with van der Waals surface area (Å²) in [5.41, 5.74) is 3.40. The second-order valence-corrected chi connectivity index (χ2v) is 6.10. The monoisotopic (exact) mass is 351 g/mol. The Morgan fingerprint density at radius 3 is 2.48 bits per heavy atom. The van der Waals surface area contributed by atoms with Crippen LogP contribution < -0.4 is 10.6 Å². The van der Waals surface area contributed by atoms with Gasteiger partial charge in [0, 0.05) is 23.5 Å². The average molecular weight is 352 g/mol. The number of amides is 1. The maximum atomic E-state index is 12.2. The Hall–Kier alpha value is -2.85. The number of aryl methyl sites for hydroxylation is 1. The van der Waals surface area contributed by atoms with Gasteiger partial charge in [-0.05, 0) is 42.8 Å². The second-order valence-electron chi connectivity index (χ2n) is 5.70. The van der Waals surface area contributed by atoms with Crippen LogP contribution in [0.2, 0.25) is 5.02 Å². The molecule has 0 aliphatic carbocycles. The molecule has 0 bridgehead atoms. The van der Waals surface area contributed by atoms with Crippen LogP contribution >= 0.6 is 11.6 Å². The fourth-order valence-electron chi connectivity index (χ4n) is 2.30. The Morgan fingerprint density at radius 2 is 1.80 bits per heavy atom. The van der Waals surface area contributed by atoms with Gasteiger partial charge in [0.2, 0.25) is 0 Å². The van der Waals surface area contributed by atoms with Gasteiger partial charge in [-0.25, -0.2) is 4.98 Å². The fraction of sp³-hybridized carbons (Fsp3) is 0.100. The molecule has 5 heteroatoms. The number of anilines is 2. The first-order valence-corrected chi connectivity index (χ1v) is 8.31. The molecule has 0 saturated carbocycles. The van der Waals surface area contributed by atoms with Crippen molar-refractivity contribution in [1.82, 2.24) is 4.98 Å². The third-order valence-electron chi connectivity index (χ3n) is 3.75. The highest BCUT2D eigenvalue weighted by atomic mass is 35.5. The Labute approximate surface area is 151 Å². The third-order valence-corrected chi connectivity index (χ3v) is 4.12. The number of carbonyl (C=O) groups is 1. The molecular formula is C20H18ClN3O. The topological polar surface area (TPSA) is 54.0 Å². The van der Waals surface area contributed by atoms with Crippen LogP contribution in [0.5, 0.6) is 0 Å². The standard InChI is InChI=1S/C20H18ClN3O/c1-14-6-9-17(10-7-14)24-20(25)16-8-11-19(23-13-16)22-12-15-4-2-3-5-18(15)21/h2-11,13H,12H2,1H3,(H,22,23)(H,24,25). The number of carbonyl (C=O) groups excluding carboxylic acids is 1. The lowest BCUT2D eigenvalue weighted by atomic mass is 10.2. The van der Waals surface area contributed by atoms with E-state index >= 15 is 0 Å². The summed E-state index contributed by atoms with van der Waals surface area (Å²) in [7, 11) is 0. The van der Waals surface area contributed by atoms with Gasteiger partial charge < -0.3 is 10.6 Å². The number of halogens is 1. The Balaban J connectivity index is 1.60. The van der Waals surface area contributed by atoms with Crippen molar-refractivity contribution in [2.24, 2.45) is 0 Å². The first-order valence-electron chi connectivity index (χ1n) is 7.93. The lowest BCUT2D eigenvalue weighted by Gasteiger charge is -2.09. The van der Waals surface area contributed by atoms with Crippen molar-refractivity contribution >= 4 is 29.0 Å². The van der Waals surface area contributed by atoms with Crippen molar-refractivity contribution in [3.63, 3.8) is 0 Å². The molecule has 0 fully saturated rings. The molecule has 1 aromatic heterocycles. The predicted octanol–water partition coefficient (Wildman–Crippen LogP) is 4.91. The van der Waals surface area contributed by atoms with E-state index in [2.05, 4.69) is 15.6 Å². The minimum Gasteiger partial charge on any atom is -0.366 e. The van der Waals surface area contributed by atoms with E-state index in [1.165, 1.54) is 0 Å². The van der Waals surface area contributed by atoms with Gasteiger partial charge in [-0.15, -0.1) is 0 Å². The highest BCUT2D eigenvalue weighted by Gasteiger charge is 2.07. The predicted molar refractivity (Wildman–Crippen MR) is 102 cm³/mol. The summed E-state index contributed by atoms with van der Waals surface area (Å²) in [6, 6.07) is 18.8. The van der Waals surface area contributed by atoms with Gasteiger partial charge in [0.25, 0.3) is 5.91 Å². The Bertz CT molecular complexity index is 861. The van der Waals surface area contributed by atoms with E-state index in [1.807, 2.05) is 55.5 Å². The van der Waals surface area contributed by atoms with E-state index in [9.17, 15) is 4.79 Å². The fourth-order valence-corrected chi connectivity index (χ4v) is 2.50. The summed E-state index contributed by atoms with van der Waals surface area (Å²) in [5, 5.41) is 6.76. The maximum Gasteiger partial charge on any atom is 0.257 e. The van der Waals surface area contributed by atoms with Crippen LogP contribution in [0, 0.1) is 6.92 Å². The molecule has 126 valence electrons. The van der Waals surface area contributed by atoms with Crippen LogP contribution in [-0.4, -0.2) is 10.9 Å². The Kier molecular flexibility index (Phi) is 5.31. The van der Waals surface area contributed by atoms with Gasteiger partial charge in [0.05, 0.1) is 5.56 Å². The lowest BCUT2D eigenvalue weighted by molar-refractivity contribution is 0.102. The number of rotatable bonds is 5. The van der Waals surface area contributed by atoms with Gasteiger partial charge in [0.1, 0.15) is 5.82 Å². The molecule has 3 aromatic rings. The number of hydrogen-bond acceptors (Lipinski definition) is 3. The third kappa shape index (κ3) is 4.58. The summed E-state index contributed by atoms with van der Waals surface area (Å²) in [6.45, 7) is 2.57. The second kappa shape index (κ2) is 7.81. The van der Waals surface area contributed by atoms with E-state index in [0.29, 0.717) is 22.9 Å². The number of benzene rings is 2. The van der Waals surface area contributed by atoms with Crippen molar-refractivity contribution in [2.45, 2.75) is 13.5 Å². The summed E-state index contributed by atoms with van der Waals surface area (Å²) in [6.07, 6.45) is 1.55. The molecule has 2 aromatic carbocycles. The molecular weight excluding hydrogens is 334 g/mol. The largest absolute Gasteiger partial charge is 0.366 e. The van der Waals surface area contributed by atoms with Crippen LogP contribution in [0.4, 0.5) is 11.5 Å². The SMILES string of the molecule is Cc1ccc(NC(=O)c2ccc(NCc3ccccc3Cl)nc2)cc1. The number of nitrogens with zero attached hydrogens (tertiary/aromatic N) is 1. The summed E-state index contributed by atoms with van der Waals surface area (Å²) < 4.78 is 0. The molecule has 0 unspecified atom stereocenters. The van der Waals surface area contributed by atoms with Crippen molar-refractivity contribution in [3.8, 4) is 0 Å². The van der Waals surface area contributed by atoms with Gasteiger partial charge in [0.15, 0.2) is 0 Å². The van der Waals surface area contributed by atoms with Crippen LogP contribution in [0.3, 0.4) is 0 Å². The number of hydrogen-bond donors (Lipinski definition) is 2. The molecule has 0 saturated heterocycles. The van der Waals surface area contributed by atoms with Crippen LogP contribution in [0.1, 0.15) is 21.5 Å². The lowest BCUT2D eigenvalue weighted by Crippen LogP contribution is -2.12. The van der Waals surface area contributed by atoms with Gasteiger partial charge in [-0.1, -0.05) is 47.5 Å². The first kappa shape index (κ1) is 17.0.